The quantitative estimate of drug-likeness (QED) is 0.326. The van der Waals surface area contributed by atoms with Gasteiger partial charge in [-0.15, -0.1) is 6.58 Å². The van der Waals surface area contributed by atoms with Crippen molar-refractivity contribution >= 4 is 11.0 Å². The number of allylic oxidation sites excluding steroid dienone is 1. The van der Waals surface area contributed by atoms with E-state index >= 15 is 0 Å². The summed E-state index contributed by atoms with van der Waals surface area (Å²) in [5.74, 6) is 0. The molecule has 0 saturated heterocycles. The average Bonchev–Trinajstić information content (AvgIpc) is 0.918. The van der Waals surface area contributed by atoms with Crippen molar-refractivity contribution < 1.29 is 21.7 Å². The molecular weight excluding hydrogens is 112 g/mol. The maximum Gasteiger partial charge on any atom is 0 e. The Morgan fingerprint density at radius 2 is 1.60 bits per heavy atom. The van der Waals surface area contributed by atoms with Crippen LogP contribution in [0.3, 0.4) is 0 Å². The largest absolute Gasteiger partial charge is 0.103 e. The second kappa shape index (κ2) is 22.5. The van der Waals surface area contributed by atoms with Gasteiger partial charge in [-0.2, -0.15) is 0 Å². The van der Waals surface area contributed by atoms with Crippen LogP contribution in [-0.2, 0) is 21.7 Å². The molecule has 0 rings (SSSR count). The predicted octanol–water partition coefficient (Wildman–Crippen LogP) is 0.809. The molecular formula is C3H6SiTi. The fraction of sp³-hybridized carbons (Fsp3) is 0.333. The van der Waals surface area contributed by atoms with Gasteiger partial charge in [-0.25, -0.2) is 0 Å². The molecule has 0 bridgehead atoms. The van der Waals surface area contributed by atoms with Crippen LogP contribution in [0.25, 0.3) is 0 Å². The number of hydrogen-bond donors (Lipinski definition) is 0. The fourth-order valence-electron chi connectivity index (χ4n) is 0. The molecule has 0 aromatic rings. The minimum Gasteiger partial charge on any atom is -0.103 e. The van der Waals surface area contributed by atoms with Gasteiger partial charge in [-0.05, 0) is 6.92 Å². The van der Waals surface area contributed by atoms with E-state index in [-0.39, 0.29) is 32.7 Å². The maximum absolute atomic E-state index is 3.36. The first-order valence-corrected chi connectivity index (χ1v) is 0.986. The van der Waals surface area contributed by atoms with Crippen LogP contribution < -0.4 is 0 Å². The van der Waals surface area contributed by atoms with Crippen LogP contribution in [0.15, 0.2) is 12.7 Å². The van der Waals surface area contributed by atoms with Gasteiger partial charge in [0.2, 0.25) is 0 Å². The molecule has 0 unspecified atom stereocenters. The van der Waals surface area contributed by atoms with Crippen molar-refractivity contribution in [2.45, 2.75) is 6.92 Å². The Hall–Kier alpha value is 0.671. The van der Waals surface area contributed by atoms with Gasteiger partial charge < -0.3 is 0 Å². The van der Waals surface area contributed by atoms with E-state index < -0.39 is 0 Å². The Kier molecular flexibility index (Phi) is 78.2. The van der Waals surface area contributed by atoms with Crippen molar-refractivity contribution in [3.05, 3.63) is 12.7 Å². The molecule has 0 fully saturated rings. The average molecular weight is 118 g/mol. The molecule has 26 valence electrons. The SMILES string of the molecule is C=CC.[Si].[Ti]. The Balaban J connectivity index is -0.0000000200. The van der Waals surface area contributed by atoms with Gasteiger partial charge in [0, 0.05) is 32.7 Å². The van der Waals surface area contributed by atoms with Crippen molar-refractivity contribution in [1.82, 2.24) is 0 Å². The topological polar surface area (TPSA) is 0 Å². The van der Waals surface area contributed by atoms with Crippen molar-refractivity contribution in [3.8, 4) is 0 Å². The van der Waals surface area contributed by atoms with E-state index in [2.05, 4.69) is 6.58 Å². The predicted molar refractivity (Wildman–Crippen MR) is 21.6 cm³/mol. The maximum atomic E-state index is 3.36. The normalized spacial score (nSPS) is 2.60. The summed E-state index contributed by atoms with van der Waals surface area (Å²) in [5, 5.41) is 0. The van der Waals surface area contributed by atoms with Gasteiger partial charge in [-0.3, -0.25) is 0 Å². The van der Waals surface area contributed by atoms with Gasteiger partial charge in [0.15, 0.2) is 0 Å². The third-order valence-corrected chi connectivity index (χ3v) is 0. The Labute approximate surface area is 52.6 Å². The molecule has 4 radical (unpaired) electrons. The van der Waals surface area contributed by atoms with E-state index in [0.717, 1.165) is 0 Å². The smallest absolute Gasteiger partial charge is 0 e. The zero-order chi connectivity index (χ0) is 2.71. The second-order valence-electron chi connectivity index (χ2n) is 0.408. The van der Waals surface area contributed by atoms with Crippen LogP contribution >= 0.6 is 0 Å². The molecule has 0 nitrogen and oxygen atoms in total. The van der Waals surface area contributed by atoms with Gasteiger partial charge in [0.25, 0.3) is 0 Å². The fourth-order valence-corrected chi connectivity index (χ4v) is 0. The number of hydrogen-bond acceptors (Lipinski definition) is 0. The summed E-state index contributed by atoms with van der Waals surface area (Å²) in [6, 6.07) is 0. The van der Waals surface area contributed by atoms with Crippen molar-refractivity contribution in [1.29, 1.82) is 0 Å². The molecule has 0 aromatic carbocycles. The molecule has 0 atom stereocenters. The van der Waals surface area contributed by atoms with E-state index in [9.17, 15) is 0 Å². The van der Waals surface area contributed by atoms with Crippen molar-refractivity contribution in [3.63, 3.8) is 0 Å². The van der Waals surface area contributed by atoms with Crippen LogP contribution in [0.2, 0.25) is 0 Å². The first-order chi connectivity index (χ1) is 1.41. The van der Waals surface area contributed by atoms with E-state index in [1.54, 1.807) is 6.08 Å². The Morgan fingerprint density at radius 3 is 1.60 bits per heavy atom. The third kappa shape index (κ3) is 74.0. The van der Waals surface area contributed by atoms with E-state index in [4.69, 9.17) is 0 Å². The summed E-state index contributed by atoms with van der Waals surface area (Å²) in [5.41, 5.74) is 0. The third-order valence-electron chi connectivity index (χ3n) is 0. The van der Waals surface area contributed by atoms with Crippen molar-refractivity contribution in [2.75, 3.05) is 0 Å². The zero-order valence-electron chi connectivity index (χ0n) is 3.28. The van der Waals surface area contributed by atoms with Gasteiger partial charge >= 0.3 is 0 Å². The first kappa shape index (κ1) is 17.3. The molecule has 5 heavy (non-hydrogen) atoms. The summed E-state index contributed by atoms with van der Waals surface area (Å²) in [4.78, 5) is 0. The summed E-state index contributed by atoms with van der Waals surface area (Å²) in [6.07, 6.45) is 1.75. The Bertz CT molecular complexity index is 14.4. The molecule has 0 spiro atoms. The molecule has 0 aliphatic heterocycles. The summed E-state index contributed by atoms with van der Waals surface area (Å²) >= 11 is 0. The van der Waals surface area contributed by atoms with Gasteiger partial charge in [0.05, 0.1) is 0 Å². The van der Waals surface area contributed by atoms with Crippen LogP contribution in [-0.4, -0.2) is 11.0 Å². The Morgan fingerprint density at radius 1 is 1.60 bits per heavy atom. The van der Waals surface area contributed by atoms with Gasteiger partial charge in [-0.1, -0.05) is 6.08 Å². The second-order valence-corrected chi connectivity index (χ2v) is 0.408. The van der Waals surface area contributed by atoms with Crippen molar-refractivity contribution in [2.24, 2.45) is 0 Å². The molecule has 0 amide bonds. The number of rotatable bonds is 0. The summed E-state index contributed by atoms with van der Waals surface area (Å²) in [7, 11) is 0. The van der Waals surface area contributed by atoms with E-state index in [1.807, 2.05) is 6.92 Å². The van der Waals surface area contributed by atoms with Gasteiger partial charge in [0.1, 0.15) is 0 Å². The van der Waals surface area contributed by atoms with Crippen LogP contribution in [0, 0.1) is 0 Å². The van der Waals surface area contributed by atoms with Crippen LogP contribution in [0.5, 0.6) is 0 Å². The van der Waals surface area contributed by atoms with Crippen LogP contribution in [0.1, 0.15) is 6.92 Å². The molecule has 0 heterocycles. The summed E-state index contributed by atoms with van der Waals surface area (Å²) < 4.78 is 0. The first-order valence-electron chi connectivity index (χ1n) is 0.986. The van der Waals surface area contributed by atoms with Crippen LogP contribution in [0.4, 0.5) is 0 Å². The van der Waals surface area contributed by atoms with E-state index in [0.29, 0.717) is 0 Å². The minimum absolute atomic E-state index is 0. The molecule has 0 saturated carbocycles. The minimum atomic E-state index is 0. The molecule has 0 N–H and O–H groups in total. The molecule has 0 aliphatic carbocycles. The molecule has 0 aromatic heterocycles. The molecule has 0 aliphatic rings. The van der Waals surface area contributed by atoms with E-state index in [1.165, 1.54) is 0 Å². The molecule has 2 heteroatoms. The monoisotopic (exact) mass is 118 g/mol. The zero-order valence-corrected chi connectivity index (χ0v) is 5.85. The summed E-state index contributed by atoms with van der Waals surface area (Å²) in [6.45, 7) is 5.25. The standard InChI is InChI=1S/C3H6.Si.Ti/c1-3-2;;/h3H,1H2,2H3;;.